The van der Waals surface area contributed by atoms with Crippen LogP contribution in [0.4, 0.5) is 0 Å². The normalized spacial score (nSPS) is 32.6. The molecule has 0 aromatic carbocycles. The highest BCUT2D eigenvalue weighted by Crippen LogP contribution is 2.30. The van der Waals surface area contributed by atoms with Crippen LogP contribution in [0.5, 0.6) is 0 Å². The molecule has 4 heteroatoms. The second-order valence-electron chi connectivity index (χ2n) is 6.22. The minimum absolute atomic E-state index is 0.287. The molecule has 1 saturated heterocycles. The highest BCUT2D eigenvalue weighted by Gasteiger charge is 2.36. The van der Waals surface area contributed by atoms with Crippen LogP contribution in [0.1, 0.15) is 38.5 Å². The van der Waals surface area contributed by atoms with Crippen molar-refractivity contribution in [3.63, 3.8) is 0 Å². The summed E-state index contributed by atoms with van der Waals surface area (Å²) in [5, 5.41) is 12.7. The molecule has 0 bridgehead atoms. The fourth-order valence-electron chi connectivity index (χ4n) is 3.49. The smallest absolute Gasteiger partial charge is 0.108 e. The Hall–Kier alpha value is -0.630. The zero-order valence-corrected chi connectivity index (χ0v) is 12.5. The lowest BCUT2D eigenvalue weighted by molar-refractivity contribution is 0.136. The van der Waals surface area contributed by atoms with Crippen molar-refractivity contribution in [1.29, 1.82) is 5.26 Å². The molecule has 1 N–H and O–H groups in total. The van der Waals surface area contributed by atoms with Gasteiger partial charge in [0, 0.05) is 19.1 Å². The Morgan fingerprint density at radius 1 is 1.37 bits per heavy atom. The molecular formula is C15H28N4. The van der Waals surface area contributed by atoms with Crippen LogP contribution in [0, 0.1) is 11.3 Å². The van der Waals surface area contributed by atoms with Gasteiger partial charge in [-0.3, -0.25) is 0 Å². The van der Waals surface area contributed by atoms with Crippen molar-refractivity contribution in [2.75, 3.05) is 40.3 Å². The minimum Gasteiger partial charge on any atom is -0.302 e. The molecule has 2 aliphatic rings. The third-order valence-corrected chi connectivity index (χ3v) is 5.01. The molecule has 4 nitrogen and oxygen atoms in total. The lowest BCUT2D eigenvalue weighted by Gasteiger charge is -2.40. The summed E-state index contributed by atoms with van der Waals surface area (Å²) in [5.41, 5.74) is -0.287. The van der Waals surface area contributed by atoms with Gasteiger partial charge in [0.1, 0.15) is 5.54 Å². The topological polar surface area (TPSA) is 42.3 Å². The summed E-state index contributed by atoms with van der Waals surface area (Å²) >= 11 is 0. The molecule has 0 radical (unpaired) electrons. The number of nitrogens with zero attached hydrogens (tertiary/aromatic N) is 3. The first-order chi connectivity index (χ1) is 9.19. The highest BCUT2D eigenvalue weighted by molar-refractivity contribution is 5.10. The van der Waals surface area contributed by atoms with E-state index < -0.39 is 0 Å². The van der Waals surface area contributed by atoms with Crippen LogP contribution in [-0.4, -0.2) is 61.7 Å². The van der Waals surface area contributed by atoms with Gasteiger partial charge in [-0.1, -0.05) is 0 Å². The Labute approximate surface area is 117 Å². The standard InChI is InChI=1S/C15H28N4/c1-17-15(13-16)7-5-6-14(12-15)18(2)10-11-19-8-3-4-9-19/h14,17H,3-12H2,1-2H3. The Morgan fingerprint density at radius 3 is 2.74 bits per heavy atom. The Kier molecular flexibility index (Phi) is 5.20. The number of nitrogens with one attached hydrogen (secondary N) is 1. The van der Waals surface area contributed by atoms with Crippen LogP contribution in [0.25, 0.3) is 0 Å². The average molecular weight is 264 g/mol. The molecule has 0 spiro atoms. The monoisotopic (exact) mass is 264 g/mol. The van der Waals surface area contributed by atoms with Crippen LogP contribution in [0.15, 0.2) is 0 Å². The van der Waals surface area contributed by atoms with E-state index in [9.17, 15) is 5.26 Å². The minimum atomic E-state index is -0.287. The predicted molar refractivity (Wildman–Crippen MR) is 78.0 cm³/mol. The fourth-order valence-corrected chi connectivity index (χ4v) is 3.49. The van der Waals surface area contributed by atoms with E-state index in [4.69, 9.17) is 0 Å². The zero-order chi connectivity index (χ0) is 13.7. The first kappa shape index (κ1) is 14.8. The second-order valence-corrected chi connectivity index (χ2v) is 6.22. The van der Waals surface area contributed by atoms with Crippen molar-refractivity contribution in [3.8, 4) is 6.07 Å². The molecule has 2 fully saturated rings. The third kappa shape index (κ3) is 3.68. The van der Waals surface area contributed by atoms with Gasteiger partial charge in [0.2, 0.25) is 0 Å². The Morgan fingerprint density at radius 2 is 2.11 bits per heavy atom. The van der Waals surface area contributed by atoms with Gasteiger partial charge in [0.15, 0.2) is 0 Å². The lowest BCUT2D eigenvalue weighted by atomic mass is 9.79. The van der Waals surface area contributed by atoms with Gasteiger partial charge < -0.3 is 15.1 Å². The molecule has 2 unspecified atom stereocenters. The molecule has 0 aromatic rings. The largest absolute Gasteiger partial charge is 0.302 e. The molecule has 1 aliphatic carbocycles. The molecule has 19 heavy (non-hydrogen) atoms. The summed E-state index contributed by atoms with van der Waals surface area (Å²) in [7, 11) is 4.15. The van der Waals surface area contributed by atoms with Gasteiger partial charge >= 0.3 is 0 Å². The van der Waals surface area contributed by atoms with E-state index in [0.29, 0.717) is 6.04 Å². The summed E-state index contributed by atoms with van der Waals surface area (Å²) in [6.45, 7) is 4.87. The van der Waals surface area contributed by atoms with E-state index in [-0.39, 0.29) is 5.54 Å². The van der Waals surface area contributed by atoms with Gasteiger partial charge in [-0.2, -0.15) is 5.26 Å². The Balaban J connectivity index is 1.81. The summed E-state index contributed by atoms with van der Waals surface area (Å²) in [6.07, 6.45) is 7.09. The maximum absolute atomic E-state index is 9.40. The molecule has 2 rings (SSSR count). The summed E-state index contributed by atoms with van der Waals surface area (Å²) in [4.78, 5) is 5.04. The second kappa shape index (κ2) is 6.69. The van der Waals surface area contributed by atoms with Gasteiger partial charge in [-0.25, -0.2) is 0 Å². The number of nitriles is 1. The van der Waals surface area contributed by atoms with E-state index in [1.54, 1.807) is 0 Å². The van der Waals surface area contributed by atoms with Crippen LogP contribution in [0.2, 0.25) is 0 Å². The number of hydrogen-bond acceptors (Lipinski definition) is 4. The van der Waals surface area contributed by atoms with E-state index >= 15 is 0 Å². The zero-order valence-electron chi connectivity index (χ0n) is 12.5. The number of likely N-dealkylation sites (tertiary alicyclic amines) is 1. The van der Waals surface area contributed by atoms with E-state index in [0.717, 1.165) is 25.8 Å². The van der Waals surface area contributed by atoms with Crippen molar-refractivity contribution in [2.24, 2.45) is 0 Å². The molecule has 1 heterocycles. The SMILES string of the molecule is CNC1(C#N)CCCC(N(C)CCN2CCCC2)C1. The van der Waals surface area contributed by atoms with Crippen molar-refractivity contribution < 1.29 is 0 Å². The van der Waals surface area contributed by atoms with Crippen molar-refractivity contribution in [2.45, 2.75) is 50.1 Å². The highest BCUT2D eigenvalue weighted by atomic mass is 15.2. The molecule has 0 amide bonds. The van der Waals surface area contributed by atoms with E-state index in [1.165, 1.54) is 38.9 Å². The van der Waals surface area contributed by atoms with Crippen molar-refractivity contribution in [1.82, 2.24) is 15.1 Å². The van der Waals surface area contributed by atoms with Crippen molar-refractivity contribution >= 4 is 0 Å². The Bertz CT molecular complexity index is 319. The van der Waals surface area contributed by atoms with Gasteiger partial charge in [0.05, 0.1) is 6.07 Å². The summed E-state index contributed by atoms with van der Waals surface area (Å²) in [6, 6.07) is 3.06. The van der Waals surface area contributed by atoms with Crippen LogP contribution in [0.3, 0.4) is 0 Å². The lowest BCUT2D eigenvalue weighted by Crippen LogP contribution is -2.51. The van der Waals surface area contributed by atoms with Crippen LogP contribution >= 0.6 is 0 Å². The molecular weight excluding hydrogens is 236 g/mol. The first-order valence-electron chi connectivity index (χ1n) is 7.72. The fraction of sp³-hybridized carbons (Fsp3) is 0.933. The number of hydrogen-bond donors (Lipinski definition) is 1. The molecule has 1 saturated carbocycles. The molecule has 108 valence electrons. The maximum atomic E-state index is 9.40. The van der Waals surface area contributed by atoms with Gasteiger partial charge in [0.25, 0.3) is 0 Å². The average Bonchev–Trinajstić information content (AvgIpc) is 2.98. The van der Waals surface area contributed by atoms with E-state index in [2.05, 4.69) is 28.2 Å². The van der Waals surface area contributed by atoms with Gasteiger partial charge in [-0.15, -0.1) is 0 Å². The maximum Gasteiger partial charge on any atom is 0.108 e. The molecule has 0 aromatic heterocycles. The van der Waals surface area contributed by atoms with Crippen molar-refractivity contribution in [3.05, 3.63) is 0 Å². The number of likely N-dealkylation sites (N-methyl/N-ethyl adjacent to an activating group) is 1. The first-order valence-corrected chi connectivity index (χ1v) is 7.72. The summed E-state index contributed by atoms with van der Waals surface area (Å²) < 4.78 is 0. The third-order valence-electron chi connectivity index (χ3n) is 5.01. The van der Waals surface area contributed by atoms with Crippen LogP contribution < -0.4 is 5.32 Å². The summed E-state index contributed by atoms with van der Waals surface area (Å²) in [5.74, 6) is 0. The predicted octanol–water partition coefficient (Wildman–Crippen LogP) is 1.44. The number of rotatable bonds is 5. The van der Waals surface area contributed by atoms with E-state index in [1.807, 2.05) is 7.05 Å². The molecule has 1 aliphatic heterocycles. The quantitative estimate of drug-likeness (QED) is 0.816. The van der Waals surface area contributed by atoms with Gasteiger partial charge in [-0.05, 0) is 65.7 Å². The molecule has 2 atom stereocenters. The van der Waals surface area contributed by atoms with Crippen LogP contribution in [-0.2, 0) is 0 Å².